The molecular formula is C84H126N6O6S2. The van der Waals surface area contributed by atoms with E-state index >= 15 is 0 Å². The first-order valence-electron chi connectivity index (χ1n) is 39.6. The Hall–Kier alpha value is -5.86. The van der Waals surface area contributed by atoms with E-state index in [1.807, 2.05) is 60.7 Å². The lowest BCUT2D eigenvalue weighted by Crippen LogP contribution is -2.32. The van der Waals surface area contributed by atoms with Gasteiger partial charge in [0.2, 0.25) is 11.8 Å². The molecule has 1 aliphatic carbocycles. The number of nitrogens with zero attached hydrogens (tertiary/aromatic N) is 4. The highest BCUT2D eigenvalue weighted by molar-refractivity contribution is 7.18. The third kappa shape index (κ3) is 30.9. The van der Waals surface area contributed by atoms with Crippen LogP contribution in [0.4, 0.5) is 11.4 Å². The summed E-state index contributed by atoms with van der Waals surface area (Å²) in [7, 11) is 0. The second-order valence-electron chi connectivity index (χ2n) is 28.0. The lowest BCUT2D eigenvalue weighted by atomic mass is 9.81. The molecule has 0 saturated heterocycles. The lowest BCUT2D eigenvalue weighted by molar-refractivity contribution is -0.125. The number of carbonyl (C=O) groups is 2. The van der Waals surface area contributed by atoms with E-state index in [1.165, 1.54) is 231 Å². The molecule has 2 aromatic heterocycles. The molecule has 12 nitrogen and oxygen atoms in total. The van der Waals surface area contributed by atoms with Crippen LogP contribution in [0.15, 0.2) is 84.9 Å². The smallest absolute Gasteiger partial charge is 0.227 e. The molecule has 2 heterocycles. The molecule has 0 bridgehead atoms. The predicted octanol–water partition coefficient (Wildman–Crippen LogP) is 25.6. The summed E-state index contributed by atoms with van der Waals surface area (Å²) in [5.41, 5.74) is 5.24. The second kappa shape index (κ2) is 49.6. The number of unbranched alkanes of at least 4 members (excludes halogenated alkanes) is 36. The predicted molar refractivity (Wildman–Crippen MR) is 414 cm³/mol. The van der Waals surface area contributed by atoms with Gasteiger partial charge in [0, 0.05) is 45.5 Å². The van der Waals surface area contributed by atoms with Gasteiger partial charge >= 0.3 is 0 Å². The van der Waals surface area contributed by atoms with Crippen LogP contribution >= 0.6 is 22.7 Å². The maximum atomic E-state index is 13.6. The third-order valence-electron chi connectivity index (χ3n) is 19.5. The summed E-state index contributed by atoms with van der Waals surface area (Å²) in [6.07, 6.45) is 54.1. The quantitative estimate of drug-likeness (QED) is 0.0354. The summed E-state index contributed by atoms with van der Waals surface area (Å²) < 4.78 is 25.7. The van der Waals surface area contributed by atoms with Gasteiger partial charge < -0.3 is 29.6 Å². The van der Waals surface area contributed by atoms with E-state index in [-0.39, 0.29) is 23.7 Å². The van der Waals surface area contributed by atoms with Crippen LogP contribution in [0.2, 0.25) is 0 Å². The first-order valence-corrected chi connectivity index (χ1v) is 41.3. The zero-order valence-corrected chi connectivity index (χ0v) is 62.9. The summed E-state index contributed by atoms with van der Waals surface area (Å²) in [5, 5.41) is 28.0. The van der Waals surface area contributed by atoms with Crippen molar-refractivity contribution >= 4 is 45.9 Å². The minimum absolute atomic E-state index is 0.0125. The Morgan fingerprint density at radius 3 is 0.796 bits per heavy atom. The van der Waals surface area contributed by atoms with Crippen LogP contribution in [0.3, 0.4) is 0 Å². The van der Waals surface area contributed by atoms with E-state index in [2.05, 4.69) is 83.0 Å². The molecule has 0 radical (unpaired) electrons. The van der Waals surface area contributed by atoms with Crippen LogP contribution in [0.5, 0.6) is 23.0 Å². The van der Waals surface area contributed by atoms with Gasteiger partial charge in [0.05, 0.1) is 26.4 Å². The number of hydrogen-bond donors (Lipinski definition) is 2. The number of amides is 2. The van der Waals surface area contributed by atoms with Gasteiger partial charge in [-0.3, -0.25) is 9.59 Å². The summed E-state index contributed by atoms with van der Waals surface area (Å²) in [5.74, 6) is 2.78. The molecule has 2 N–H and O–H groups in total. The van der Waals surface area contributed by atoms with E-state index in [1.54, 1.807) is 22.7 Å². The van der Waals surface area contributed by atoms with E-state index < -0.39 is 0 Å². The highest BCUT2D eigenvalue weighted by Crippen LogP contribution is 2.39. The van der Waals surface area contributed by atoms with Crippen LogP contribution in [0, 0.1) is 11.8 Å². The fourth-order valence-corrected chi connectivity index (χ4v) is 14.9. The zero-order chi connectivity index (χ0) is 68.7. The summed E-state index contributed by atoms with van der Waals surface area (Å²) >= 11 is 3.08. The van der Waals surface area contributed by atoms with Gasteiger partial charge in [0.15, 0.2) is 23.0 Å². The van der Waals surface area contributed by atoms with Crippen molar-refractivity contribution in [1.29, 1.82) is 0 Å². The number of carbonyl (C=O) groups excluding carboxylic acids is 2. The van der Waals surface area contributed by atoms with Gasteiger partial charge in [0.1, 0.15) is 20.0 Å². The molecule has 0 unspecified atom stereocenters. The van der Waals surface area contributed by atoms with Gasteiger partial charge in [-0.05, 0) is 136 Å². The zero-order valence-electron chi connectivity index (χ0n) is 61.2. The topological polar surface area (TPSA) is 147 Å². The highest BCUT2D eigenvalue weighted by atomic mass is 32.1. The Bertz CT molecular complexity index is 2850. The molecule has 1 fully saturated rings. The minimum Gasteiger partial charge on any atom is -0.490 e. The van der Waals surface area contributed by atoms with Gasteiger partial charge in [-0.25, -0.2) is 0 Å². The molecule has 4 aromatic carbocycles. The van der Waals surface area contributed by atoms with Crippen molar-refractivity contribution in [3.05, 3.63) is 84.9 Å². The van der Waals surface area contributed by atoms with Crippen molar-refractivity contribution in [3.8, 4) is 65.3 Å². The molecule has 0 atom stereocenters. The molecule has 14 heteroatoms. The Morgan fingerprint density at radius 1 is 0.306 bits per heavy atom. The first kappa shape index (κ1) is 79.5. The Kier molecular flexibility index (Phi) is 40.3. The van der Waals surface area contributed by atoms with E-state index in [0.717, 1.165) is 102 Å². The number of ether oxygens (including phenoxy) is 4. The monoisotopic (exact) mass is 1380 g/mol. The van der Waals surface area contributed by atoms with Gasteiger partial charge in [-0.2, -0.15) is 0 Å². The minimum atomic E-state index is -0.167. The average molecular weight is 1380 g/mol. The number of anilines is 2. The van der Waals surface area contributed by atoms with Crippen LogP contribution in [0.1, 0.15) is 310 Å². The molecule has 98 heavy (non-hydrogen) atoms. The van der Waals surface area contributed by atoms with Crippen molar-refractivity contribution < 1.29 is 28.5 Å². The summed E-state index contributed by atoms with van der Waals surface area (Å²) in [4.78, 5) is 27.3. The molecule has 1 aliphatic rings. The third-order valence-corrected chi connectivity index (χ3v) is 21.6. The molecule has 540 valence electrons. The molecule has 0 aliphatic heterocycles. The number of benzene rings is 4. The van der Waals surface area contributed by atoms with Crippen molar-refractivity contribution in [1.82, 2.24) is 20.4 Å². The van der Waals surface area contributed by atoms with Crippen LogP contribution in [-0.4, -0.2) is 58.6 Å². The fourth-order valence-electron chi connectivity index (χ4n) is 13.2. The van der Waals surface area contributed by atoms with Crippen molar-refractivity contribution in [2.45, 2.75) is 310 Å². The number of aromatic nitrogens is 4. The number of nitrogens with one attached hydrogen (secondary N) is 2. The van der Waals surface area contributed by atoms with Crippen molar-refractivity contribution in [3.63, 3.8) is 0 Å². The van der Waals surface area contributed by atoms with E-state index in [9.17, 15) is 9.59 Å². The molecular weight excluding hydrogens is 1250 g/mol. The standard InChI is InChI=1S/C84H126N6O6S2/c1-5-9-13-17-21-25-29-33-37-41-61-93-75-59-53-71(65-77(75)95-63-43-39-35-31-27-23-19-15-11-7-3)83-89-87-81(97-83)69-49-55-73(56-50-69)85-79(91)67-45-47-68(48-46-67)80(92)86-74-57-51-70(52-58-74)82-88-90-84(98-82)72-54-60-76(94-62-42-38-34-30-26-22-18-14-10-6-2)78(66-72)96-64-44-40-36-32-28-24-20-16-12-8-4/h49-60,65-68H,5-48,61-64H2,1-4H3,(H,85,91)(H,86,92). The highest BCUT2D eigenvalue weighted by Gasteiger charge is 2.30. The summed E-state index contributed by atoms with van der Waals surface area (Å²) in [6, 6.07) is 28.1. The normalized spacial score (nSPS) is 13.8. The number of hydrogen-bond acceptors (Lipinski definition) is 12. The van der Waals surface area contributed by atoms with Gasteiger partial charge in [0.25, 0.3) is 0 Å². The van der Waals surface area contributed by atoms with Crippen LogP contribution < -0.4 is 29.6 Å². The Morgan fingerprint density at radius 2 is 0.531 bits per heavy atom. The Labute approximate surface area is 600 Å². The number of rotatable bonds is 56. The van der Waals surface area contributed by atoms with Crippen molar-refractivity contribution in [2.75, 3.05) is 37.1 Å². The second-order valence-corrected chi connectivity index (χ2v) is 29.9. The molecule has 0 spiro atoms. The fraction of sp³-hybridized carbons (Fsp3) is 0.643. The molecule has 7 rings (SSSR count). The summed E-state index contributed by atoms with van der Waals surface area (Å²) in [6.45, 7) is 11.8. The first-order chi connectivity index (χ1) is 48.3. The molecule has 6 aromatic rings. The van der Waals surface area contributed by atoms with Gasteiger partial charge in [-0.15, -0.1) is 20.4 Å². The SMILES string of the molecule is CCCCCCCCCCCCOc1ccc(-c2nnc(-c3ccc(NC(=O)C4CCC(C(=O)Nc5ccc(-c6nnc(-c7ccc(OCCCCCCCCCCCC)c(OCCCCCCCCCCCC)c7)s6)cc5)CC4)cc3)s2)cc1OCCCCCCCCCCCC. The van der Waals surface area contributed by atoms with Crippen LogP contribution in [-0.2, 0) is 9.59 Å². The van der Waals surface area contributed by atoms with Gasteiger partial charge in [-0.1, -0.05) is 282 Å². The Balaban J connectivity index is 0.841. The lowest BCUT2D eigenvalue weighted by Gasteiger charge is -2.27. The maximum Gasteiger partial charge on any atom is 0.227 e. The van der Waals surface area contributed by atoms with E-state index in [0.29, 0.717) is 52.1 Å². The van der Waals surface area contributed by atoms with E-state index in [4.69, 9.17) is 18.9 Å². The van der Waals surface area contributed by atoms with Crippen LogP contribution in [0.25, 0.3) is 42.3 Å². The molecule has 2 amide bonds. The maximum absolute atomic E-state index is 13.6. The molecule has 1 saturated carbocycles. The largest absolute Gasteiger partial charge is 0.490 e. The van der Waals surface area contributed by atoms with Crippen molar-refractivity contribution in [2.24, 2.45) is 11.8 Å². The average Bonchev–Trinajstić information content (AvgIpc) is 1.63.